The van der Waals surface area contributed by atoms with E-state index in [0.717, 1.165) is 0 Å². The molecule has 0 aromatic carbocycles. The van der Waals surface area contributed by atoms with Crippen LogP contribution in [0.4, 0.5) is 4.39 Å². The minimum Gasteiger partial charge on any atom is -0.488 e. The summed E-state index contributed by atoms with van der Waals surface area (Å²) in [6.07, 6.45) is 0. The molecule has 0 radical (unpaired) electrons. The first-order valence-electron chi connectivity index (χ1n) is 4.28. The summed E-state index contributed by atoms with van der Waals surface area (Å²) in [4.78, 5) is 0. The van der Waals surface area contributed by atoms with Gasteiger partial charge >= 0.3 is 0 Å². The first-order chi connectivity index (χ1) is 6.41. The highest BCUT2D eigenvalue weighted by Crippen LogP contribution is 2.33. The number of halogens is 1. The topological polar surface area (TPSA) is 36.3 Å². The van der Waals surface area contributed by atoms with Gasteiger partial charge in [-0.1, -0.05) is 0 Å². The Bertz CT molecular complexity index is 328. The molecule has 0 aliphatic rings. The van der Waals surface area contributed by atoms with Crippen molar-refractivity contribution < 1.29 is 13.9 Å². The lowest BCUT2D eigenvalue weighted by Gasteiger charge is -2.20. The van der Waals surface area contributed by atoms with E-state index in [0.29, 0.717) is 5.88 Å². The van der Waals surface area contributed by atoms with Gasteiger partial charge in [-0.3, -0.25) is 0 Å². The van der Waals surface area contributed by atoms with E-state index in [1.165, 1.54) is 18.9 Å². The monoisotopic (exact) mass is 202 g/mol. The van der Waals surface area contributed by atoms with Gasteiger partial charge in [-0.2, -0.15) is 4.39 Å². The van der Waals surface area contributed by atoms with Gasteiger partial charge < -0.3 is 9.47 Å². The molecule has 0 saturated heterocycles. The van der Waals surface area contributed by atoms with Crippen molar-refractivity contribution in [1.29, 1.82) is 0 Å². The summed E-state index contributed by atoms with van der Waals surface area (Å²) in [6.45, 7) is 5.71. The van der Waals surface area contributed by atoms with Crippen LogP contribution in [0.3, 0.4) is 0 Å². The molecule has 0 saturated carbocycles. The standard InChI is InChI=1S/C9H15FN2O2/c1-9(2,3)12-8(14-5)6(13-4)7(10)11-12/h1-5H3. The third-order valence-electron chi connectivity index (χ3n) is 1.79. The van der Waals surface area contributed by atoms with Gasteiger partial charge in [0.05, 0.1) is 19.8 Å². The van der Waals surface area contributed by atoms with Gasteiger partial charge in [0.1, 0.15) is 0 Å². The van der Waals surface area contributed by atoms with Crippen LogP contribution in [0, 0.1) is 5.95 Å². The van der Waals surface area contributed by atoms with Gasteiger partial charge in [-0.15, -0.1) is 5.10 Å². The molecule has 0 atom stereocenters. The number of hydrogen-bond acceptors (Lipinski definition) is 3. The zero-order chi connectivity index (χ0) is 10.9. The van der Waals surface area contributed by atoms with Crippen LogP contribution in [-0.4, -0.2) is 24.0 Å². The number of hydrogen-bond donors (Lipinski definition) is 0. The van der Waals surface area contributed by atoms with Crippen LogP contribution in [0.15, 0.2) is 0 Å². The second kappa shape index (κ2) is 3.48. The predicted octanol–water partition coefficient (Wildman–Crippen LogP) is 1.79. The summed E-state index contributed by atoms with van der Waals surface area (Å²) in [6, 6.07) is 0. The first kappa shape index (κ1) is 10.8. The molecule has 1 aromatic rings. The molecular formula is C9H15FN2O2. The molecule has 5 heteroatoms. The lowest BCUT2D eigenvalue weighted by atomic mass is 10.1. The van der Waals surface area contributed by atoms with Crippen molar-refractivity contribution in [1.82, 2.24) is 9.78 Å². The maximum absolute atomic E-state index is 13.3. The maximum atomic E-state index is 13.3. The summed E-state index contributed by atoms with van der Waals surface area (Å²) < 4.78 is 24.6. The Hall–Kier alpha value is -1.26. The summed E-state index contributed by atoms with van der Waals surface area (Å²) in [5.74, 6) is -0.306. The number of aromatic nitrogens is 2. The molecule has 0 spiro atoms. The molecular weight excluding hydrogens is 187 g/mol. The van der Waals surface area contributed by atoms with Crippen LogP contribution in [0.5, 0.6) is 11.6 Å². The molecule has 0 amide bonds. The van der Waals surface area contributed by atoms with Gasteiger partial charge in [-0.05, 0) is 20.8 Å². The van der Waals surface area contributed by atoms with Crippen molar-refractivity contribution in [3.63, 3.8) is 0 Å². The van der Waals surface area contributed by atoms with Crippen molar-refractivity contribution in [3.8, 4) is 11.6 Å². The second-order valence-corrected chi connectivity index (χ2v) is 3.92. The Balaban J connectivity index is 3.31. The number of ether oxygens (including phenoxy) is 2. The molecule has 0 N–H and O–H groups in total. The lowest BCUT2D eigenvalue weighted by molar-refractivity contribution is 0.270. The van der Waals surface area contributed by atoms with Crippen molar-refractivity contribution in [3.05, 3.63) is 5.95 Å². The van der Waals surface area contributed by atoms with E-state index in [9.17, 15) is 4.39 Å². The van der Waals surface area contributed by atoms with Crippen molar-refractivity contribution >= 4 is 0 Å². The highest BCUT2D eigenvalue weighted by atomic mass is 19.1. The number of nitrogens with zero attached hydrogens (tertiary/aromatic N) is 2. The average molecular weight is 202 g/mol. The quantitative estimate of drug-likeness (QED) is 0.733. The van der Waals surface area contributed by atoms with Crippen LogP contribution in [-0.2, 0) is 5.54 Å². The summed E-state index contributed by atoms with van der Waals surface area (Å²) >= 11 is 0. The van der Waals surface area contributed by atoms with Crippen molar-refractivity contribution in [2.24, 2.45) is 0 Å². The van der Waals surface area contributed by atoms with Crippen molar-refractivity contribution in [2.75, 3.05) is 14.2 Å². The van der Waals surface area contributed by atoms with Crippen LogP contribution < -0.4 is 9.47 Å². The molecule has 0 aliphatic heterocycles. The average Bonchev–Trinajstić information content (AvgIpc) is 2.40. The van der Waals surface area contributed by atoms with E-state index in [1.807, 2.05) is 20.8 Å². The zero-order valence-electron chi connectivity index (χ0n) is 9.09. The SMILES string of the molecule is COc1c(F)nn(C(C)(C)C)c1OC. The van der Waals surface area contributed by atoms with Crippen LogP contribution in [0.1, 0.15) is 20.8 Å². The fourth-order valence-corrected chi connectivity index (χ4v) is 1.17. The largest absolute Gasteiger partial charge is 0.488 e. The Morgan fingerprint density at radius 1 is 1.21 bits per heavy atom. The number of methoxy groups -OCH3 is 2. The smallest absolute Gasteiger partial charge is 0.278 e. The fraction of sp³-hybridized carbons (Fsp3) is 0.667. The third-order valence-corrected chi connectivity index (χ3v) is 1.79. The molecule has 80 valence electrons. The van der Waals surface area contributed by atoms with Crippen LogP contribution in [0.2, 0.25) is 0 Å². The molecule has 0 fully saturated rings. The Kier molecular flexibility index (Phi) is 2.69. The van der Waals surface area contributed by atoms with E-state index in [2.05, 4.69) is 5.10 Å². The van der Waals surface area contributed by atoms with E-state index in [4.69, 9.17) is 9.47 Å². The van der Waals surface area contributed by atoms with Gasteiger partial charge in [0.2, 0.25) is 5.75 Å². The normalized spacial score (nSPS) is 11.6. The Morgan fingerprint density at radius 3 is 2.14 bits per heavy atom. The van der Waals surface area contributed by atoms with E-state index >= 15 is 0 Å². The summed E-state index contributed by atoms with van der Waals surface area (Å²) in [7, 11) is 2.84. The van der Waals surface area contributed by atoms with Gasteiger partial charge in [-0.25, -0.2) is 4.68 Å². The maximum Gasteiger partial charge on any atom is 0.278 e. The summed E-state index contributed by atoms with van der Waals surface area (Å²) in [5, 5.41) is 3.72. The molecule has 0 bridgehead atoms. The van der Waals surface area contributed by atoms with E-state index < -0.39 is 5.95 Å². The van der Waals surface area contributed by atoms with Crippen LogP contribution in [0.25, 0.3) is 0 Å². The minimum atomic E-state index is -0.653. The highest BCUT2D eigenvalue weighted by Gasteiger charge is 2.26. The number of rotatable bonds is 2. The fourth-order valence-electron chi connectivity index (χ4n) is 1.17. The second-order valence-electron chi connectivity index (χ2n) is 3.92. The highest BCUT2D eigenvalue weighted by molar-refractivity contribution is 5.33. The lowest BCUT2D eigenvalue weighted by Crippen LogP contribution is -2.23. The first-order valence-corrected chi connectivity index (χ1v) is 4.28. The molecule has 1 aromatic heterocycles. The van der Waals surface area contributed by atoms with Gasteiger partial charge in [0.25, 0.3) is 11.8 Å². The van der Waals surface area contributed by atoms with Crippen LogP contribution >= 0.6 is 0 Å². The predicted molar refractivity (Wildman–Crippen MR) is 50.3 cm³/mol. The molecule has 14 heavy (non-hydrogen) atoms. The third kappa shape index (κ3) is 1.66. The molecule has 1 heterocycles. The van der Waals surface area contributed by atoms with Crippen molar-refractivity contribution in [2.45, 2.75) is 26.3 Å². The molecule has 1 rings (SSSR count). The Labute approximate surface area is 82.6 Å². The minimum absolute atomic E-state index is 0.0439. The summed E-state index contributed by atoms with van der Waals surface area (Å²) in [5.41, 5.74) is -0.344. The molecule has 4 nitrogen and oxygen atoms in total. The van der Waals surface area contributed by atoms with E-state index in [-0.39, 0.29) is 11.3 Å². The molecule has 0 unspecified atom stereocenters. The van der Waals surface area contributed by atoms with Gasteiger partial charge in [0.15, 0.2) is 0 Å². The Morgan fingerprint density at radius 2 is 1.79 bits per heavy atom. The van der Waals surface area contributed by atoms with E-state index in [1.54, 1.807) is 0 Å². The van der Waals surface area contributed by atoms with Gasteiger partial charge in [0, 0.05) is 0 Å². The molecule has 0 aliphatic carbocycles. The zero-order valence-corrected chi connectivity index (χ0v) is 9.09.